The lowest BCUT2D eigenvalue weighted by Gasteiger charge is -2.10. The first-order valence-corrected chi connectivity index (χ1v) is 11.9. The number of benzene rings is 2. The SMILES string of the molecule is CCn1cc(-c2ccnc3c(C(=O)Nc4ccccc4Sc4ccc(Cl)cc4)cnn23)c(C)n1. The van der Waals surface area contributed by atoms with Crippen LogP contribution in [0.15, 0.2) is 83.0 Å². The summed E-state index contributed by atoms with van der Waals surface area (Å²) in [5.74, 6) is -0.273. The minimum absolute atomic E-state index is 0.273. The highest BCUT2D eigenvalue weighted by Gasteiger charge is 2.19. The van der Waals surface area contributed by atoms with Crippen molar-refractivity contribution in [2.45, 2.75) is 30.2 Å². The molecule has 0 saturated carbocycles. The Bertz CT molecular complexity index is 1490. The van der Waals surface area contributed by atoms with Crippen molar-refractivity contribution in [2.24, 2.45) is 0 Å². The molecule has 3 aromatic heterocycles. The standard InChI is InChI=1S/C25H21ClN6OS/c1-3-31-15-20(16(2)30-31)22-12-13-27-24-19(14-28-32(22)24)25(33)29-21-6-4-5-7-23(21)34-18-10-8-17(26)9-11-18/h4-15H,3H2,1-2H3,(H,29,33). The highest BCUT2D eigenvalue weighted by Crippen LogP contribution is 2.34. The molecule has 0 spiro atoms. The fraction of sp³-hybridized carbons (Fsp3) is 0.120. The summed E-state index contributed by atoms with van der Waals surface area (Å²) in [6.07, 6.45) is 5.22. The zero-order valence-electron chi connectivity index (χ0n) is 18.6. The zero-order chi connectivity index (χ0) is 23.7. The first-order valence-electron chi connectivity index (χ1n) is 10.7. The van der Waals surface area contributed by atoms with E-state index in [0.29, 0.717) is 21.9 Å². The van der Waals surface area contributed by atoms with Crippen LogP contribution in [0.5, 0.6) is 0 Å². The van der Waals surface area contributed by atoms with Gasteiger partial charge in [0.25, 0.3) is 5.91 Å². The number of anilines is 1. The van der Waals surface area contributed by atoms with Gasteiger partial charge in [-0.25, -0.2) is 9.50 Å². The molecule has 2 aromatic carbocycles. The number of carbonyl (C=O) groups is 1. The van der Waals surface area contributed by atoms with Crippen molar-refractivity contribution in [2.75, 3.05) is 5.32 Å². The van der Waals surface area contributed by atoms with E-state index in [1.807, 2.05) is 79.3 Å². The second kappa shape index (κ2) is 9.32. The molecule has 5 aromatic rings. The predicted octanol–water partition coefficient (Wildman–Crippen LogP) is 5.98. The third-order valence-corrected chi connectivity index (χ3v) is 6.70. The van der Waals surface area contributed by atoms with Crippen LogP contribution in [-0.2, 0) is 6.54 Å². The molecule has 0 saturated heterocycles. The number of hydrogen-bond acceptors (Lipinski definition) is 5. The van der Waals surface area contributed by atoms with Crippen molar-refractivity contribution in [3.63, 3.8) is 0 Å². The molecule has 0 aliphatic heterocycles. The normalized spacial score (nSPS) is 11.1. The molecule has 170 valence electrons. The third kappa shape index (κ3) is 4.30. The van der Waals surface area contributed by atoms with Crippen molar-refractivity contribution in [3.05, 3.63) is 89.5 Å². The monoisotopic (exact) mass is 488 g/mol. The van der Waals surface area contributed by atoms with Crippen LogP contribution in [0.2, 0.25) is 5.02 Å². The van der Waals surface area contributed by atoms with Gasteiger partial charge in [-0.2, -0.15) is 10.2 Å². The Balaban J connectivity index is 1.45. The maximum atomic E-state index is 13.3. The molecule has 3 heterocycles. The van der Waals surface area contributed by atoms with Gasteiger partial charge < -0.3 is 5.32 Å². The van der Waals surface area contributed by atoms with E-state index in [9.17, 15) is 4.79 Å². The summed E-state index contributed by atoms with van der Waals surface area (Å²) < 4.78 is 3.57. The summed E-state index contributed by atoms with van der Waals surface area (Å²) in [5.41, 5.74) is 4.27. The van der Waals surface area contributed by atoms with Gasteiger partial charge in [0.1, 0.15) is 5.56 Å². The van der Waals surface area contributed by atoms with Crippen LogP contribution in [0.25, 0.3) is 16.9 Å². The Morgan fingerprint density at radius 3 is 2.68 bits per heavy atom. The fourth-order valence-corrected chi connectivity index (χ4v) is 4.69. The van der Waals surface area contributed by atoms with Gasteiger partial charge in [0.2, 0.25) is 0 Å². The number of para-hydroxylation sites is 1. The maximum absolute atomic E-state index is 13.3. The van der Waals surface area contributed by atoms with Crippen molar-refractivity contribution in [1.29, 1.82) is 0 Å². The number of aromatic nitrogens is 5. The molecule has 1 amide bonds. The number of rotatable bonds is 6. The van der Waals surface area contributed by atoms with Gasteiger partial charge in [0, 0.05) is 39.3 Å². The Morgan fingerprint density at radius 1 is 1.12 bits per heavy atom. The van der Waals surface area contributed by atoms with Crippen LogP contribution in [-0.4, -0.2) is 30.3 Å². The molecule has 0 fully saturated rings. The van der Waals surface area contributed by atoms with E-state index in [0.717, 1.165) is 33.3 Å². The Morgan fingerprint density at radius 2 is 1.91 bits per heavy atom. The topological polar surface area (TPSA) is 77.1 Å². The summed E-state index contributed by atoms with van der Waals surface area (Å²) >= 11 is 7.55. The van der Waals surface area contributed by atoms with Gasteiger partial charge >= 0.3 is 0 Å². The summed E-state index contributed by atoms with van der Waals surface area (Å²) in [5, 5.41) is 12.7. The molecular weight excluding hydrogens is 468 g/mol. The van der Waals surface area contributed by atoms with E-state index in [1.165, 1.54) is 0 Å². The van der Waals surface area contributed by atoms with E-state index in [2.05, 4.69) is 20.5 Å². The predicted molar refractivity (Wildman–Crippen MR) is 135 cm³/mol. The summed E-state index contributed by atoms with van der Waals surface area (Å²) in [7, 11) is 0. The molecule has 0 atom stereocenters. The molecule has 0 bridgehead atoms. The third-order valence-electron chi connectivity index (χ3n) is 5.37. The average Bonchev–Trinajstić information content (AvgIpc) is 3.45. The molecule has 0 aliphatic rings. The van der Waals surface area contributed by atoms with Crippen LogP contribution in [0.3, 0.4) is 0 Å². The fourth-order valence-electron chi connectivity index (χ4n) is 3.67. The number of nitrogens with zero attached hydrogens (tertiary/aromatic N) is 5. The van der Waals surface area contributed by atoms with E-state index in [1.54, 1.807) is 28.7 Å². The second-order valence-corrected chi connectivity index (χ2v) is 9.17. The van der Waals surface area contributed by atoms with Crippen molar-refractivity contribution in [3.8, 4) is 11.3 Å². The molecule has 0 aliphatic carbocycles. The van der Waals surface area contributed by atoms with Crippen LogP contribution in [0.1, 0.15) is 23.0 Å². The maximum Gasteiger partial charge on any atom is 0.261 e. The lowest BCUT2D eigenvalue weighted by Crippen LogP contribution is -2.12. The number of amides is 1. The molecule has 0 radical (unpaired) electrons. The lowest BCUT2D eigenvalue weighted by molar-refractivity contribution is 0.102. The van der Waals surface area contributed by atoms with Crippen LogP contribution in [0.4, 0.5) is 5.69 Å². The smallest absolute Gasteiger partial charge is 0.261 e. The van der Waals surface area contributed by atoms with Crippen LogP contribution < -0.4 is 5.32 Å². The summed E-state index contributed by atoms with van der Waals surface area (Å²) in [6, 6.07) is 17.1. The first kappa shape index (κ1) is 22.2. The highest BCUT2D eigenvalue weighted by molar-refractivity contribution is 7.99. The van der Waals surface area contributed by atoms with Crippen molar-refractivity contribution < 1.29 is 4.79 Å². The molecule has 9 heteroatoms. The van der Waals surface area contributed by atoms with Gasteiger partial charge in [-0.05, 0) is 56.3 Å². The number of fused-ring (bicyclic) bond motifs is 1. The summed E-state index contributed by atoms with van der Waals surface area (Å²) in [6.45, 7) is 4.77. The van der Waals surface area contributed by atoms with Gasteiger partial charge in [0.15, 0.2) is 5.65 Å². The molecular formula is C25H21ClN6OS. The number of carbonyl (C=O) groups excluding carboxylic acids is 1. The Hall–Kier alpha value is -3.62. The van der Waals surface area contributed by atoms with Crippen LogP contribution >= 0.6 is 23.4 Å². The first-order chi connectivity index (χ1) is 16.5. The number of aryl methyl sites for hydroxylation is 2. The largest absolute Gasteiger partial charge is 0.321 e. The summed E-state index contributed by atoms with van der Waals surface area (Å²) in [4.78, 5) is 19.6. The second-order valence-electron chi connectivity index (χ2n) is 7.61. The average molecular weight is 489 g/mol. The van der Waals surface area contributed by atoms with E-state index in [-0.39, 0.29) is 5.91 Å². The highest BCUT2D eigenvalue weighted by atomic mass is 35.5. The minimum atomic E-state index is -0.273. The van der Waals surface area contributed by atoms with Crippen LogP contribution in [0, 0.1) is 6.92 Å². The Labute approximate surface area is 205 Å². The number of hydrogen-bond donors (Lipinski definition) is 1. The molecule has 34 heavy (non-hydrogen) atoms. The number of nitrogens with one attached hydrogen (secondary N) is 1. The minimum Gasteiger partial charge on any atom is -0.321 e. The zero-order valence-corrected chi connectivity index (χ0v) is 20.1. The van der Waals surface area contributed by atoms with E-state index < -0.39 is 0 Å². The quantitative estimate of drug-likeness (QED) is 0.318. The number of halogens is 1. The van der Waals surface area contributed by atoms with Gasteiger partial charge in [-0.3, -0.25) is 9.48 Å². The van der Waals surface area contributed by atoms with E-state index >= 15 is 0 Å². The molecule has 1 N–H and O–H groups in total. The van der Waals surface area contributed by atoms with Crippen molar-refractivity contribution in [1.82, 2.24) is 24.4 Å². The van der Waals surface area contributed by atoms with Gasteiger partial charge in [0.05, 0.1) is 23.3 Å². The van der Waals surface area contributed by atoms with E-state index in [4.69, 9.17) is 11.6 Å². The van der Waals surface area contributed by atoms with Gasteiger partial charge in [-0.1, -0.05) is 35.5 Å². The molecule has 5 rings (SSSR count). The lowest BCUT2D eigenvalue weighted by atomic mass is 10.2. The van der Waals surface area contributed by atoms with Crippen molar-refractivity contribution >= 4 is 40.6 Å². The Kier molecular flexibility index (Phi) is 6.08. The molecule has 7 nitrogen and oxygen atoms in total. The van der Waals surface area contributed by atoms with Gasteiger partial charge in [-0.15, -0.1) is 0 Å². The molecule has 0 unspecified atom stereocenters.